The predicted molar refractivity (Wildman–Crippen MR) is 61.6 cm³/mol. The summed E-state index contributed by atoms with van der Waals surface area (Å²) in [6, 6.07) is 1.94. The van der Waals surface area contributed by atoms with Crippen LogP contribution in [0.25, 0.3) is 10.2 Å². The van der Waals surface area contributed by atoms with E-state index in [1.165, 1.54) is 6.33 Å². The number of hydrogen-bond acceptors (Lipinski definition) is 6. The van der Waals surface area contributed by atoms with E-state index in [1.807, 2.05) is 16.3 Å². The van der Waals surface area contributed by atoms with Crippen molar-refractivity contribution in [3.63, 3.8) is 0 Å². The first-order chi connectivity index (χ1) is 7.75. The molecular weight excluding hydrogens is 226 g/mol. The molecule has 2 aromatic rings. The lowest BCUT2D eigenvalue weighted by atomic mass is 10.3. The normalized spacial score (nSPS) is 25.5. The number of β-amino-alcohol motifs (C(OH)–C–C–N with tert-alkyl or cyclic N) is 2. The Labute approximate surface area is 96.0 Å². The van der Waals surface area contributed by atoms with Crippen molar-refractivity contribution in [2.45, 2.75) is 12.2 Å². The van der Waals surface area contributed by atoms with Crippen LogP contribution in [-0.2, 0) is 0 Å². The summed E-state index contributed by atoms with van der Waals surface area (Å²) in [5.74, 6) is 0.801. The minimum Gasteiger partial charge on any atom is -0.389 e. The lowest BCUT2D eigenvalue weighted by Gasteiger charge is -2.16. The zero-order chi connectivity index (χ0) is 11.1. The molecule has 0 aliphatic carbocycles. The van der Waals surface area contributed by atoms with E-state index in [0.717, 1.165) is 16.0 Å². The average molecular weight is 237 g/mol. The molecule has 1 saturated heterocycles. The zero-order valence-corrected chi connectivity index (χ0v) is 9.26. The second kappa shape index (κ2) is 3.65. The maximum Gasteiger partial charge on any atom is 0.150 e. The number of anilines is 1. The molecule has 3 heterocycles. The number of thiophene rings is 1. The van der Waals surface area contributed by atoms with E-state index in [9.17, 15) is 10.2 Å². The van der Waals surface area contributed by atoms with Crippen LogP contribution in [0.15, 0.2) is 17.8 Å². The standard InChI is InChI=1S/C10H11N3O2S/c14-7-3-13(4-8(7)15)10-9-6(1-2-16-9)11-5-12-10/h1-2,5,7-8,14-15H,3-4H2. The number of rotatable bonds is 1. The topological polar surface area (TPSA) is 69.5 Å². The molecule has 5 nitrogen and oxygen atoms in total. The Bertz CT molecular complexity index is 505. The van der Waals surface area contributed by atoms with Crippen LogP contribution in [0, 0.1) is 0 Å². The zero-order valence-electron chi connectivity index (χ0n) is 8.45. The molecule has 6 heteroatoms. The number of hydrogen-bond donors (Lipinski definition) is 2. The molecule has 16 heavy (non-hydrogen) atoms. The van der Waals surface area contributed by atoms with Crippen molar-refractivity contribution in [1.29, 1.82) is 0 Å². The van der Waals surface area contributed by atoms with Crippen molar-refractivity contribution in [3.05, 3.63) is 17.8 Å². The molecule has 1 aliphatic heterocycles. The molecule has 2 aromatic heterocycles. The smallest absolute Gasteiger partial charge is 0.150 e. The molecule has 2 atom stereocenters. The molecule has 2 N–H and O–H groups in total. The first kappa shape index (κ1) is 9.95. The molecule has 3 rings (SSSR count). The fraction of sp³-hybridized carbons (Fsp3) is 0.400. The third-order valence-corrected chi connectivity index (χ3v) is 3.68. The fourth-order valence-corrected chi connectivity index (χ4v) is 2.81. The summed E-state index contributed by atoms with van der Waals surface area (Å²) in [5, 5.41) is 21.0. The number of fused-ring (bicyclic) bond motifs is 1. The second-order valence-electron chi connectivity index (χ2n) is 3.87. The number of aliphatic hydroxyl groups is 2. The van der Waals surface area contributed by atoms with Crippen LogP contribution in [0.1, 0.15) is 0 Å². The Morgan fingerprint density at radius 2 is 2.00 bits per heavy atom. The van der Waals surface area contributed by atoms with Gasteiger partial charge in [0, 0.05) is 13.1 Å². The quantitative estimate of drug-likeness (QED) is 0.743. The van der Waals surface area contributed by atoms with Gasteiger partial charge in [-0.25, -0.2) is 9.97 Å². The Hall–Kier alpha value is -1.24. The highest BCUT2D eigenvalue weighted by atomic mass is 32.1. The van der Waals surface area contributed by atoms with Crippen molar-refractivity contribution in [3.8, 4) is 0 Å². The summed E-state index contributed by atoms with van der Waals surface area (Å²) in [5.41, 5.74) is 0.908. The van der Waals surface area contributed by atoms with Gasteiger partial charge in [0.05, 0.1) is 22.4 Å². The van der Waals surface area contributed by atoms with Crippen molar-refractivity contribution >= 4 is 27.4 Å². The number of aliphatic hydroxyl groups excluding tert-OH is 2. The average Bonchev–Trinajstić information content (AvgIpc) is 2.85. The van der Waals surface area contributed by atoms with E-state index in [0.29, 0.717) is 13.1 Å². The lowest BCUT2D eigenvalue weighted by Crippen LogP contribution is -2.22. The highest BCUT2D eigenvalue weighted by Crippen LogP contribution is 2.29. The molecule has 1 aliphatic rings. The van der Waals surface area contributed by atoms with Gasteiger partial charge in [-0.3, -0.25) is 0 Å². The van der Waals surface area contributed by atoms with Gasteiger partial charge in [0.2, 0.25) is 0 Å². The Morgan fingerprint density at radius 1 is 1.25 bits per heavy atom. The van der Waals surface area contributed by atoms with E-state index in [4.69, 9.17) is 0 Å². The molecule has 0 spiro atoms. The first-order valence-corrected chi connectivity index (χ1v) is 5.93. The highest BCUT2D eigenvalue weighted by molar-refractivity contribution is 7.17. The second-order valence-corrected chi connectivity index (χ2v) is 4.79. The summed E-state index contributed by atoms with van der Waals surface area (Å²) in [7, 11) is 0. The van der Waals surface area contributed by atoms with Gasteiger partial charge in [-0.05, 0) is 11.4 Å². The van der Waals surface area contributed by atoms with Gasteiger partial charge in [0.15, 0.2) is 0 Å². The summed E-state index contributed by atoms with van der Waals surface area (Å²) >= 11 is 1.57. The van der Waals surface area contributed by atoms with Crippen LogP contribution in [0.3, 0.4) is 0 Å². The van der Waals surface area contributed by atoms with Crippen LogP contribution in [0.4, 0.5) is 5.82 Å². The lowest BCUT2D eigenvalue weighted by molar-refractivity contribution is 0.0572. The fourth-order valence-electron chi connectivity index (χ4n) is 1.94. The largest absolute Gasteiger partial charge is 0.389 e. The molecule has 0 aromatic carbocycles. The van der Waals surface area contributed by atoms with Crippen molar-refractivity contribution in [1.82, 2.24) is 9.97 Å². The Balaban J connectivity index is 2.03. The Morgan fingerprint density at radius 3 is 2.75 bits per heavy atom. The van der Waals surface area contributed by atoms with E-state index < -0.39 is 12.2 Å². The van der Waals surface area contributed by atoms with Crippen LogP contribution in [0.2, 0.25) is 0 Å². The maximum atomic E-state index is 9.52. The van der Waals surface area contributed by atoms with Crippen LogP contribution in [-0.4, -0.2) is 45.5 Å². The molecule has 2 unspecified atom stereocenters. The summed E-state index contributed by atoms with van der Waals surface area (Å²) < 4.78 is 1.00. The highest BCUT2D eigenvalue weighted by Gasteiger charge is 2.31. The van der Waals surface area contributed by atoms with Crippen molar-refractivity contribution < 1.29 is 10.2 Å². The van der Waals surface area contributed by atoms with E-state index in [1.54, 1.807) is 11.3 Å². The molecule has 0 radical (unpaired) electrons. The molecular formula is C10H11N3O2S. The minimum atomic E-state index is -0.690. The first-order valence-electron chi connectivity index (χ1n) is 5.05. The van der Waals surface area contributed by atoms with Gasteiger partial charge in [-0.2, -0.15) is 0 Å². The van der Waals surface area contributed by atoms with Gasteiger partial charge in [-0.1, -0.05) is 0 Å². The molecule has 0 bridgehead atoms. The third kappa shape index (κ3) is 1.46. The van der Waals surface area contributed by atoms with E-state index in [2.05, 4.69) is 9.97 Å². The van der Waals surface area contributed by atoms with Gasteiger partial charge in [0.25, 0.3) is 0 Å². The summed E-state index contributed by atoms with van der Waals surface area (Å²) in [4.78, 5) is 10.3. The molecule has 0 saturated carbocycles. The van der Waals surface area contributed by atoms with Gasteiger partial charge < -0.3 is 15.1 Å². The molecule has 1 fully saturated rings. The van der Waals surface area contributed by atoms with Gasteiger partial charge in [0.1, 0.15) is 12.1 Å². The monoisotopic (exact) mass is 237 g/mol. The van der Waals surface area contributed by atoms with E-state index in [-0.39, 0.29) is 0 Å². The summed E-state index contributed by atoms with van der Waals surface area (Å²) in [6.07, 6.45) is 0.136. The van der Waals surface area contributed by atoms with Gasteiger partial charge in [-0.15, -0.1) is 11.3 Å². The number of aromatic nitrogens is 2. The maximum absolute atomic E-state index is 9.52. The summed E-state index contributed by atoms with van der Waals surface area (Å²) in [6.45, 7) is 0.844. The SMILES string of the molecule is OC1CN(c2ncnc3ccsc23)CC1O. The van der Waals surface area contributed by atoms with Crippen LogP contribution in [0.5, 0.6) is 0 Å². The molecule has 84 valence electrons. The van der Waals surface area contributed by atoms with Crippen molar-refractivity contribution in [2.75, 3.05) is 18.0 Å². The van der Waals surface area contributed by atoms with E-state index >= 15 is 0 Å². The molecule has 0 amide bonds. The van der Waals surface area contributed by atoms with Crippen molar-refractivity contribution in [2.24, 2.45) is 0 Å². The minimum absolute atomic E-state index is 0.422. The van der Waals surface area contributed by atoms with Crippen LogP contribution >= 0.6 is 11.3 Å². The van der Waals surface area contributed by atoms with Gasteiger partial charge >= 0.3 is 0 Å². The van der Waals surface area contributed by atoms with Crippen LogP contribution < -0.4 is 4.90 Å². The third-order valence-electron chi connectivity index (χ3n) is 2.78. The predicted octanol–water partition coefficient (Wildman–Crippen LogP) is 0.233. The Kier molecular flexibility index (Phi) is 2.27. The number of nitrogens with zero attached hydrogens (tertiary/aromatic N) is 3.